The minimum atomic E-state index is -5.19. The van der Waals surface area contributed by atoms with Crippen molar-refractivity contribution in [1.29, 1.82) is 0 Å². The molecule has 1 nitrogen and oxygen atoms in total. The predicted octanol–water partition coefficient (Wildman–Crippen LogP) is 1.99. The summed E-state index contributed by atoms with van der Waals surface area (Å²) in [6.07, 6.45) is -6.18. The molecule has 0 aromatic rings. The topological polar surface area (TPSA) is 20.2 Å². The van der Waals surface area contributed by atoms with Crippen molar-refractivity contribution in [2.24, 2.45) is 0 Å². The van der Waals surface area contributed by atoms with E-state index in [0.717, 1.165) is 0 Å². The maximum Gasteiger partial charge on any atom is 0.448 e. The Morgan fingerprint density at radius 2 is 1.60 bits per heavy atom. The molecule has 0 saturated heterocycles. The molecule has 0 radical (unpaired) electrons. The van der Waals surface area contributed by atoms with Gasteiger partial charge < -0.3 is 5.11 Å². The molecule has 62 valence electrons. The summed E-state index contributed by atoms with van der Waals surface area (Å²) in [5, 5.41) is 7.79. The third kappa shape index (κ3) is 2.42. The number of hydrogen-bond acceptors (Lipinski definition) is 1. The van der Waals surface area contributed by atoms with E-state index in [4.69, 9.17) is 5.11 Å². The molecule has 0 amide bonds. The van der Waals surface area contributed by atoms with E-state index in [1.165, 1.54) is 0 Å². The molecule has 1 unspecified atom stereocenters. The molecule has 1 atom stereocenters. The quantitative estimate of drug-likeness (QED) is 0.562. The lowest BCUT2D eigenvalue weighted by Gasteiger charge is -2.20. The summed E-state index contributed by atoms with van der Waals surface area (Å²) in [7, 11) is 0. The van der Waals surface area contributed by atoms with Gasteiger partial charge in [0.15, 0.2) is 0 Å². The molecule has 10 heavy (non-hydrogen) atoms. The lowest BCUT2D eigenvalue weighted by molar-refractivity contribution is -0.315. The van der Waals surface area contributed by atoms with Crippen molar-refractivity contribution in [1.82, 2.24) is 0 Å². The minimum absolute atomic E-state index is 0.237. The molecule has 0 fully saturated rings. The Labute approximate surface area is 63.2 Å². The van der Waals surface area contributed by atoms with Crippen LogP contribution in [0.15, 0.2) is 0 Å². The summed E-state index contributed by atoms with van der Waals surface area (Å²) >= 11 is 2.58. The normalized spacial score (nSPS) is 18.6. The molecular weight excluding hydrogens is 220 g/mol. The maximum absolute atomic E-state index is 12.0. The van der Waals surface area contributed by atoms with Gasteiger partial charge in [0.1, 0.15) is 0 Å². The molecule has 0 saturated carbocycles. The van der Waals surface area contributed by atoms with Gasteiger partial charge in [-0.25, -0.2) is 4.39 Å². The number of hydrogen-bond donors (Lipinski definition) is 1. The highest BCUT2D eigenvalue weighted by Gasteiger charge is 2.54. The van der Waals surface area contributed by atoms with Crippen LogP contribution in [-0.2, 0) is 0 Å². The monoisotopic (exact) mass is 224 g/mol. The average molecular weight is 225 g/mol. The third-order valence-electron chi connectivity index (χ3n) is 0.860. The van der Waals surface area contributed by atoms with Crippen LogP contribution in [0.3, 0.4) is 0 Å². The first-order valence-electron chi connectivity index (χ1n) is 2.35. The van der Waals surface area contributed by atoms with Gasteiger partial charge in [0.2, 0.25) is 0 Å². The molecule has 0 rings (SSSR count). The third-order valence-corrected chi connectivity index (χ3v) is 1.26. The van der Waals surface area contributed by atoms with Crippen molar-refractivity contribution in [3.63, 3.8) is 0 Å². The Balaban J connectivity index is 4.10. The number of aliphatic hydroxyl groups is 1. The van der Waals surface area contributed by atoms with E-state index in [9.17, 15) is 17.6 Å². The second-order valence-corrected chi connectivity index (χ2v) is 2.49. The molecule has 0 aliphatic carbocycles. The van der Waals surface area contributed by atoms with E-state index >= 15 is 0 Å². The lowest BCUT2D eigenvalue weighted by atomic mass is 10.2. The van der Waals surface area contributed by atoms with E-state index in [-0.39, 0.29) is 5.33 Å². The van der Waals surface area contributed by atoms with Gasteiger partial charge in [0.25, 0.3) is 0 Å². The van der Waals surface area contributed by atoms with Crippen molar-refractivity contribution in [3.8, 4) is 0 Å². The van der Waals surface area contributed by atoms with Crippen molar-refractivity contribution >= 4 is 15.9 Å². The number of rotatable bonds is 2. The van der Waals surface area contributed by atoms with Gasteiger partial charge in [-0.1, -0.05) is 15.9 Å². The van der Waals surface area contributed by atoms with E-state index in [1.807, 2.05) is 0 Å². The molecule has 0 bridgehead atoms. The van der Waals surface area contributed by atoms with Gasteiger partial charge in [0, 0.05) is 11.8 Å². The van der Waals surface area contributed by atoms with E-state index in [1.54, 1.807) is 0 Å². The molecule has 6 heteroatoms. The highest BCUT2D eigenvalue weighted by atomic mass is 79.9. The first kappa shape index (κ1) is 10.2. The average Bonchev–Trinajstić information content (AvgIpc) is 1.61. The van der Waals surface area contributed by atoms with Gasteiger partial charge in [-0.05, 0) is 0 Å². The highest BCUT2D eigenvalue weighted by Crippen LogP contribution is 2.34. The zero-order chi connectivity index (χ0) is 8.41. The molecule has 0 aliphatic heterocycles. The Morgan fingerprint density at radius 3 is 1.70 bits per heavy atom. The van der Waals surface area contributed by atoms with Gasteiger partial charge in [-0.15, -0.1) is 0 Å². The van der Waals surface area contributed by atoms with Gasteiger partial charge >= 0.3 is 12.0 Å². The smallest absolute Gasteiger partial charge is 0.355 e. The molecule has 0 heterocycles. The number of alkyl halides is 5. The van der Waals surface area contributed by atoms with Crippen LogP contribution in [0.5, 0.6) is 0 Å². The Morgan fingerprint density at radius 1 is 1.20 bits per heavy atom. The van der Waals surface area contributed by atoms with Crippen molar-refractivity contribution in [2.75, 3.05) is 5.33 Å². The molecule has 1 N–H and O–H groups in total. The highest BCUT2D eigenvalue weighted by molar-refractivity contribution is 9.09. The Kier molecular flexibility index (Phi) is 3.09. The van der Waals surface area contributed by atoms with Crippen LogP contribution in [0.4, 0.5) is 17.6 Å². The summed E-state index contributed by atoms with van der Waals surface area (Å²) in [6.45, 7) is 0. The van der Waals surface area contributed by atoms with Crippen LogP contribution in [0.2, 0.25) is 0 Å². The molecule has 0 aromatic heterocycles. The molecule has 0 aliphatic rings. The standard InChI is InChI=1S/C4H5BrF4O/c5-2-1-3(6,10)4(7,8)9/h10H,1-2H2. The van der Waals surface area contributed by atoms with Crippen LogP contribution >= 0.6 is 15.9 Å². The van der Waals surface area contributed by atoms with Gasteiger partial charge in [-0.3, -0.25) is 0 Å². The van der Waals surface area contributed by atoms with Crippen LogP contribution in [-0.4, -0.2) is 22.5 Å². The SMILES string of the molecule is OC(F)(CCBr)C(F)(F)F. The zero-order valence-corrected chi connectivity index (χ0v) is 6.34. The first-order valence-corrected chi connectivity index (χ1v) is 3.47. The van der Waals surface area contributed by atoms with Gasteiger partial charge in [-0.2, -0.15) is 13.2 Å². The summed E-state index contributed by atoms with van der Waals surface area (Å²) in [5.74, 6) is -4.06. The van der Waals surface area contributed by atoms with Crippen LogP contribution in [0.1, 0.15) is 6.42 Å². The summed E-state index contributed by atoms with van der Waals surface area (Å²) in [5.41, 5.74) is 0. The summed E-state index contributed by atoms with van der Waals surface area (Å²) in [6, 6.07) is 0. The zero-order valence-electron chi connectivity index (χ0n) is 4.75. The lowest BCUT2D eigenvalue weighted by Crippen LogP contribution is -2.40. The fraction of sp³-hybridized carbons (Fsp3) is 1.00. The second-order valence-electron chi connectivity index (χ2n) is 1.70. The maximum atomic E-state index is 12.0. The fourth-order valence-electron chi connectivity index (χ4n) is 0.267. The minimum Gasteiger partial charge on any atom is -0.355 e. The fourth-order valence-corrected chi connectivity index (χ4v) is 0.792. The number of halogens is 5. The van der Waals surface area contributed by atoms with Crippen LogP contribution in [0.25, 0.3) is 0 Å². The molecule has 0 aromatic carbocycles. The Hall–Kier alpha value is 0.160. The summed E-state index contributed by atoms with van der Waals surface area (Å²) < 4.78 is 46.1. The largest absolute Gasteiger partial charge is 0.448 e. The van der Waals surface area contributed by atoms with Crippen molar-refractivity contribution in [2.45, 2.75) is 18.5 Å². The predicted molar refractivity (Wildman–Crippen MR) is 30.5 cm³/mol. The molecular formula is C4H5BrF4O. The van der Waals surface area contributed by atoms with Crippen LogP contribution in [0, 0.1) is 0 Å². The van der Waals surface area contributed by atoms with E-state index in [2.05, 4.69) is 15.9 Å². The first-order chi connectivity index (χ1) is 4.31. The second kappa shape index (κ2) is 3.04. The van der Waals surface area contributed by atoms with Crippen LogP contribution < -0.4 is 0 Å². The Bertz CT molecular complexity index is 110. The summed E-state index contributed by atoms with van der Waals surface area (Å²) in [4.78, 5) is 0. The van der Waals surface area contributed by atoms with Gasteiger partial charge in [0.05, 0.1) is 0 Å². The van der Waals surface area contributed by atoms with E-state index < -0.39 is 18.5 Å². The van der Waals surface area contributed by atoms with E-state index in [0.29, 0.717) is 0 Å². The molecule has 0 spiro atoms. The van der Waals surface area contributed by atoms with Crippen molar-refractivity contribution in [3.05, 3.63) is 0 Å². The van der Waals surface area contributed by atoms with Crippen molar-refractivity contribution < 1.29 is 22.7 Å².